The molecule has 1 aromatic carbocycles. The number of aromatic nitrogens is 2. The first-order chi connectivity index (χ1) is 9.47. The number of nitrogens with one attached hydrogen (secondary N) is 1. The fraction of sp³-hybridized carbons (Fsp3) is 0.588. The van der Waals surface area contributed by atoms with Crippen molar-refractivity contribution in [3.8, 4) is 0 Å². The van der Waals surface area contributed by atoms with Gasteiger partial charge in [-0.05, 0) is 62.0 Å². The molecule has 1 heterocycles. The molecule has 0 aliphatic heterocycles. The largest absolute Gasteiger partial charge is 0.330 e. The lowest BCUT2D eigenvalue weighted by Crippen LogP contribution is -2.27. The molecule has 1 atom stereocenters. The number of benzene rings is 1. The lowest BCUT2D eigenvalue weighted by Gasteiger charge is -2.15. The number of hydrogen-bond acceptors (Lipinski definition) is 2. The highest BCUT2D eigenvalue weighted by Crippen LogP contribution is 2.19. The Bertz CT molecular complexity index is 569. The zero-order chi connectivity index (χ0) is 14.7. The van der Waals surface area contributed by atoms with E-state index in [1.165, 1.54) is 16.6 Å². The molecule has 3 nitrogen and oxygen atoms in total. The van der Waals surface area contributed by atoms with Crippen molar-refractivity contribution in [1.82, 2.24) is 14.9 Å². The average molecular weight is 273 g/mol. The maximum absolute atomic E-state index is 4.52. The van der Waals surface area contributed by atoms with Gasteiger partial charge in [-0.3, -0.25) is 0 Å². The summed E-state index contributed by atoms with van der Waals surface area (Å²) in [5, 5.41) is 3.53. The highest BCUT2D eigenvalue weighted by atomic mass is 15.0. The molecule has 1 unspecified atom stereocenters. The van der Waals surface area contributed by atoms with E-state index < -0.39 is 0 Å². The standard InChI is InChI=1S/C17H27N3/c1-12(2)8-18-9-13(3)10-20-11-19-16-6-14(4)15(5)7-17(16)20/h6-7,11-13,18H,8-10H2,1-5H3. The third-order valence-corrected chi connectivity index (χ3v) is 3.79. The first-order valence-electron chi connectivity index (χ1n) is 7.60. The molecule has 0 radical (unpaired) electrons. The van der Waals surface area contributed by atoms with Crippen LogP contribution in [0.15, 0.2) is 18.5 Å². The van der Waals surface area contributed by atoms with Crippen molar-refractivity contribution in [2.45, 2.75) is 41.2 Å². The number of fused-ring (bicyclic) bond motifs is 1. The number of nitrogens with zero attached hydrogens (tertiary/aromatic N) is 2. The van der Waals surface area contributed by atoms with E-state index in [-0.39, 0.29) is 0 Å². The van der Waals surface area contributed by atoms with Gasteiger partial charge in [0.2, 0.25) is 0 Å². The molecule has 2 rings (SSSR count). The van der Waals surface area contributed by atoms with Crippen LogP contribution in [0.2, 0.25) is 0 Å². The van der Waals surface area contributed by atoms with Gasteiger partial charge in [0.1, 0.15) is 0 Å². The second-order valence-electron chi connectivity index (χ2n) is 6.48. The molecular weight excluding hydrogens is 246 g/mol. The first-order valence-corrected chi connectivity index (χ1v) is 7.60. The normalized spacial score (nSPS) is 13.3. The summed E-state index contributed by atoms with van der Waals surface area (Å²) in [7, 11) is 0. The van der Waals surface area contributed by atoms with Crippen LogP contribution >= 0.6 is 0 Å². The first kappa shape index (κ1) is 15.0. The highest BCUT2D eigenvalue weighted by Gasteiger charge is 2.08. The van der Waals surface area contributed by atoms with Gasteiger partial charge in [0.15, 0.2) is 0 Å². The van der Waals surface area contributed by atoms with E-state index in [0.29, 0.717) is 11.8 Å². The Morgan fingerprint density at radius 1 is 1.10 bits per heavy atom. The smallest absolute Gasteiger partial charge is 0.0958 e. The molecule has 0 aliphatic rings. The SMILES string of the molecule is Cc1cc2ncn(CC(C)CNCC(C)C)c2cc1C. The summed E-state index contributed by atoms with van der Waals surface area (Å²) in [6.07, 6.45) is 1.97. The molecule has 1 aromatic heterocycles. The lowest BCUT2D eigenvalue weighted by molar-refractivity contribution is 0.432. The van der Waals surface area contributed by atoms with E-state index in [2.05, 4.69) is 61.6 Å². The molecule has 0 aliphatic carbocycles. The van der Waals surface area contributed by atoms with Gasteiger partial charge in [-0.1, -0.05) is 20.8 Å². The van der Waals surface area contributed by atoms with E-state index in [0.717, 1.165) is 25.2 Å². The second-order valence-corrected chi connectivity index (χ2v) is 6.48. The van der Waals surface area contributed by atoms with Crippen LogP contribution in [0, 0.1) is 25.7 Å². The zero-order valence-corrected chi connectivity index (χ0v) is 13.4. The Balaban J connectivity index is 2.04. The van der Waals surface area contributed by atoms with E-state index in [1.54, 1.807) is 0 Å². The summed E-state index contributed by atoms with van der Waals surface area (Å²) >= 11 is 0. The Morgan fingerprint density at radius 3 is 2.50 bits per heavy atom. The summed E-state index contributed by atoms with van der Waals surface area (Å²) in [6, 6.07) is 4.44. The summed E-state index contributed by atoms with van der Waals surface area (Å²) < 4.78 is 2.28. The Hall–Kier alpha value is -1.35. The van der Waals surface area contributed by atoms with Crippen LogP contribution in [-0.4, -0.2) is 22.6 Å². The van der Waals surface area contributed by atoms with Crippen LogP contribution in [0.5, 0.6) is 0 Å². The topological polar surface area (TPSA) is 29.9 Å². The number of rotatable bonds is 6. The van der Waals surface area contributed by atoms with Gasteiger partial charge in [-0.2, -0.15) is 0 Å². The van der Waals surface area contributed by atoms with Crippen LogP contribution in [0.1, 0.15) is 31.9 Å². The van der Waals surface area contributed by atoms with Gasteiger partial charge < -0.3 is 9.88 Å². The zero-order valence-electron chi connectivity index (χ0n) is 13.4. The monoisotopic (exact) mass is 273 g/mol. The Labute approximate surface area is 122 Å². The molecule has 0 spiro atoms. The molecule has 0 fully saturated rings. The van der Waals surface area contributed by atoms with E-state index in [1.807, 2.05) is 6.33 Å². The third kappa shape index (κ3) is 3.60. The highest BCUT2D eigenvalue weighted by molar-refractivity contribution is 5.77. The minimum atomic E-state index is 0.604. The summed E-state index contributed by atoms with van der Waals surface area (Å²) in [5.74, 6) is 1.31. The molecule has 0 saturated carbocycles. The van der Waals surface area contributed by atoms with Gasteiger partial charge in [0.25, 0.3) is 0 Å². The molecular formula is C17H27N3. The maximum atomic E-state index is 4.52. The van der Waals surface area contributed by atoms with Crippen molar-refractivity contribution in [3.63, 3.8) is 0 Å². The molecule has 1 N–H and O–H groups in total. The molecule has 20 heavy (non-hydrogen) atoms. The van der Waals surface area contributed by atoms with Gasteiger partial charge in [0, 0.05) is 6.54 Å². The summed E-state index contributed by atoms with van der Waals surface area (Å²) in [6.45, 7) is 14.3. The van der Waals surface area contributed by atoms with Crippen LogP contribution < -0.4 is 5.32 Å². The average Bonchev–Trinajstić information content (AvgIpc) is 2.72. The Kier molecular flexibility index (Phi) is 4.81. The van der Waals surface area contributed by atoms with Gasteiger partial charge in [-0.15, -0.1) is 0 Å². The third-order valence-electron chi connectivity index (χ3n) is 3.79. The van der Waals surface area contributed by atoms with Crippen LogP contribution in [0.4, 0.5) is 0 Å². The summed E-state index contributed by atoms with van der Waals surface area (Å²) in [5.41, 5.74) is 5.01. The maximum Gasteiger partial charge on any atom is 0.0958 e. The van der Waals surface area contributed by atoms with Crippen molar-refractivity contribution in [2.24, 2.45) is 11.8 Å². The minimum Gasteiger partial charge on any atom is -0.330 e. The number of imidazole rings is 1. The Morgan fingerprint density at radius 2 is 1.80 bits per heavy atom. The second kappa shape index (κ2) is 6.40. The van der Waals surface area contributed by atoms with E-state index >= 15 is 0 Å². The van der Waals surface area contributed by atoms with Gasteiger partial charge in [0.05, 0.1) is 17.4 Å². The van der Waals surface area contributed by atoms with E-state index in [4.69, 9.17) is 0 Å². The van der Waals surface area contributed by atoms with Crippen LogP contribution in [0.25, 0.3) is 11.0 Å². The quantitative estimate of drug-likeness (QED) is 0.872. The molecule has 0 saturated heterocycles. The molecule has 3 heteroatoms. The van der Waals surface area contributed by atoms with Gasteiger partial charge in [-0.25, -0.2) is 4.98 Å². The molecule has 0 bridgehead atoms. The van der Waals surface area contributed by atoms with Crippen molar-refractivity contribution in [1.29, 1.82) is 0 Å². The number of aryl methyl sites for hydroxylation is 2. The fourth-order valence-corrected chi connectivity index (χ4v) is 2.48. The molecule has 110 valence electrons. The van der Waals surface area contributed by atoms with Crippen molar-refractivity contribution in [2.75, 3.05) is 13.1 Å². The van der Waals surface area contributed by atoms with Crippen molar-refractivity contribution < 1.29 is 0 Å². The molecule has 2 aromatic rings. The minimum absolute atomic E-state index is 0.604. The summed E-state index contributed by atoms with van der Waals surface area (Å²) in [4.78, 5) is 4.52. The predicted molar refractivity (Wildman–Crippen MR) is 86.1 cm³/mol. The number of hydrogen-bond donors (Lipinski definition) is 1. The fourth-order valence-electron chi connectivity index (χ4n) is 2.48. The predicted octanol–water partition coefficient (Wildman–Crippen LogP) is 3.53. The van der Waals surface area contributed by atoms with Crippen LogP contribution in [0.3, 0.4) is 0 Å². The van der Waals surface area contributed by atoms with Crippen LogP contribution in [-0.2, 0) is 6.54 Å². The van der Waals surface area contributed by atoms with E-state index in [9.17, 15) is 0 Å². The molecule has 0 amide bonds. The van der Waals surface area contributed by atoms with Crippen molar-refractivity contribution in [3.05, 3.63) is 29.6 Å². The van der Waals surface area contributed by atoms with Gasteiger partial charge >= 0.3 is 0 Å². The lowest BCUT2D eigenvalue weighted by atomic mass is 10.1. The van der Waals surface area contributed by atoms with Crippen molar-refractivity contribution >= 4 is 11.0 Å².